The Morgan fingerprint density at radius 2 is 1.78 bits per heavy atom. The number of hydrogen-bond donors (Lipinski definition) is 5. The summed E-state index contributed by atoms with van der Waals surface area (Å²) in [4.78, 5) is 54.3. The standard InChI is InChI=1S/C25H27FN4O7/c1-29(2)19-10-5-8-4-9-14(23(35)18-11(17(9)26)6-30(3)7-12(31)28-18)20(32)13(8)21(33)15(10)22(34)16(24(19)36)25(27)37/h8,10,15,19,32,35-36H,4-7H2,1-3H3,(H2,27,37)(H,28,31)/t8-,10+,15?,19-/m0/s1. The number of ketones is 2. The molecular formula is C25H27FN4O7. The minimum absolute atomic E-state index is 0.000531. The number of nitrogens with zero attached hydrogens (tertiary/aromatic N) is 2. The molecule has 1 saturated carbocycles. The Hall–Kier alpha value is -3.77. The van der Waals surface area contributed by atoms with Gasteiger partial charge in [-0.25, -0.2) is 4.39 Å². The maximum atomic E-state index is 15.9. The number of phenolic OH excluding ortho intramolecular Hbond substituents is 1. The van der Waals surface area contributed by atoms with E-state index in [1.807, 2.05) is 0 Å². The largest absolute Gasteiger partial charge is 0.510 e. The van der Waals surface area contributed by atoms with E-state index in [2.05, 4.69) is 5.32 Å². The Balaban J connectivity index is 1.69. The number of primary amides is 1. The number of nitrogens with one attached hydrogen (secondary N) is 1. The van der Waals surface area contributed by atoms with Gasteiger partial charge in [0.05, 0.1) is 29.8 Å². The molecule has 1 fully saturated rings. The molecule has 0 spiro atoms. The Bertz CT molecular complexity index is 1370. The number of rotatable bonds is 2. The number of halogens is 1. The number of Topliss-reactive ketones (excluding diaryl/α,β-unsaturated/α-hetero) is 2. The summed E-state index contributed by atoms with van der Waals surface area (Å²) in [6.45, 7) is -0.0133. The van der Waals surface area contributed by atoms with Gasteiger partial charge in [-0.1, -0.05) is 0 Å². The summed E-state index contributed by atoms with van der Waals surface area (Å²) in [5.74, 6) is -8.70. The zero-order valence-corrected chi connectivity index (χ0v) is 20.5. The fourth-order valence-electron chi connectivity index (χ4n) is 6.45. The van der Waals surface area contributed by atoms with E-state index in [1.54, 1.807) is 30.9 Å². The van der Waals surface area contributed by atoms with Gasteiger partial charge in [-0.15, -0.1) is 0 Å². The van der Waals surface area contributed by atoms with E-state index in [4.69, 9.17) is 5.73 Å². The van der Waals surface area contributed by atoms with Crippen LogP contribution in [-0.4, -0.2) is 82.2 Å². The lowest BCUT2D eigenvalue weighted by Crippen LogP contribution is -2.55. The summed E-state index contributed by atoms with van der Waals surface area (Å²) >= 11 is 0. The van der Waals surface area contributed by atoms with Crippen LogP contribution in [0.2, 0.25) is 0 Å². The van der Waals surface area contributed by atoms with Crippen LogP contribution in [0.25, 0.3) is 5.76 Å². The topological polar surface area (TPSA) is 174 Å². The molecule has 0 bridgehead atoms. The maximum Gasteiger partial charge on any atom is 0.255 e. The number of fused-ring (bicyclic) bond motifs is 4. The number of aliphatic hydroxyl groups is 2. The Morgan fingerprint density at radius 1 is 1.11 bits per heavy atom. The van der Waals surface area contributed by atoms with E-state index in [0.717, 1.165) is 0 Å². The molecule has 11 nitrogen and oxygen atoms in total. The van der Waals surface area contributed by atoms with E-state index >= 15 is 4.39 Å². The third-order valence-electron chi connectivity index (χ3n) is 7.87. The number of hydrogen-bond acceptors (Lipinski definition) is 9. The predicted molar refractivity (Wildman–Crippen MR) is 128 cm³/mol. The molecule has 1 aromatic rings. The summed E-state index contributed by atoms with van der Waals surface area (Å²) < 4.78 is 15.9. The monoisotopic (exact) mass is 514 g/mol. The van der Waals surface area contributed by atoms with Crippen LogP contribution in [0.1, 0.15) is 23.1 Å². The van der Waals surface area contributed by atoms with Crippen LogP contribution < -0.4 is 11.1 Å². The molecule has 2 amide bonds. The summed E-state index contributed by atoms with van der Waals surface area (Å²) in [6, 6.07) is -0.881. The highest BCUT2D eigenvalue weighted by Gasteiger charge is 2.56. The number of nitrogens with two attached hydrogens (primary N) is 1. The maximum absolute atomic E-state index is 15.9. The first-order chi connectivity index (χ1) is 17.3. The Kier molecular flexibility index (Phi) is 5.64. The summed E-state index contributed by atoms with van der Waals surface area (Å²) in [6.07, 6.45) is 0.0589. The number of carbonyl (C=O) groups is 4. The molecule has 12 heteroatoms. The molecule has 4 aliphatic rings. The molecule has 196 valence electrons. The molecule has 1 heterocycles. The average molecular weight is 515 g/mol. The van der Waals surface area contributed by atoms with Gasteiger partial charge in [-0.2, -0.15) is 0 Å². The highest BCUT2D eigenvalue weighted by molar-refractivity contribution is 6.28. The molecule has 0 aromatic heterocycles. The van der Waals surface area contributed by atoms with Crippen molar-refractivity contribution in [2.45, 2.75) is 25.4 Å². The number of allylic oxidation sites excluding steroid dienone is 1. The van der Waals surface area contributed by atoms with E-state index in [1.165, 1.54) is 0 Å². The van der Waals surface area contributed by atoms with Crippen LogP contribution in [0.3, 0.4) is 0 Å². The molecule has 0 radical (unpaired) electrons. The molecule has 4 atom stereocenters. The minimum atomic E-state index is -1.40. The van der Waals surface area contributed by atoms with Crippen LogP contribution in [0.5, 0.6) is 5.75 Å². The van der Waals surface area contributed by atoms with Crippen molar-refractivity contribution in [2.75, 3.05) is 33.0 Å². The molecule has 37 heavy (non-hydrogen) atoms. The van der Waals surface area contributed by atoms with E-state index in [0.29, 0.717) is 0 Å². The first kappa shape index (κ1) is 24.9. The minimum Gasteiger partial charge on any atom is -0.510 e. The van der Waals surface area contributed by atoms with E-state index < -0.39 is 75.8 Å². The quantitative estimate of drug-likeness (QED) is 0.212. The highest BCUT2D eigenvalue weighted by Crippen LogP contribution is 2.52. The summed E-state index contributed by atoms with van der Waals surface area (Å²) in [5, 5.41) is 35.5. The third kappa shape index (κ3) is 3.46. The SMILES string of the molecule is CN1CC(=O)Nc2c(O)c3c(c(F)c2C1)C[C@H]1C[C@@H]2C(C(=O)C(C(N)=O)=C(O)[C@H]2N(C)C)C(=O)C1=C3O. The van der Waals surface area contributed by atoms with Gasteiger partial charge >= 0.3 is 0 Å². The lowest BCUT2D eigenvalue weighted by Gasteiger charge is -2.46. The molecule has 5 rings (SSSR count). The lowest BCUT2D eigenvalue weighted by atomic mass is 9.59. The van der Waals surface area contributed by atoms with Gasteiger partial charge in [0.2, 0.25) is 5.91 Å². The highest BCUT2D eigenvalue weighted by atomic mass is 19.1. The fourth-order valence-corrected chi connectivity index (χ4v) is 6.45. The Labute approximate surface area is 211 Å². The number of phenols is 1. The van der Waals surface area contributed by atoms with Gasteiger partial charge in [0, 0.05) is 23.2 Å². The van der Waals surface area contributed by atoms with Crippen molar-refractivity contribution in [3.63, 3.8) is 0 Å². The number of amides is 2. The first-order valence-corrected chi connectivity index (χ1v) is 11.8. The second kappa shape index (κ2) is 8.38. The van der Waals surface area contributed by atoms with Gasteiger partial charge in [0.1, 0.15) is 22.9 Å². The number of benzene rings is 1. The van der Waals surface area contributed by atoms with Gasteiger partial charge < -0.3 is 26.4 Å². The normalized spacial score (nSPS) is 27.9. The first-order valence-electron chi connectivity index (χ1n) is 11.8. The molecule has 6 N–H and O–H groups in total. The van der Waals surface area contributed by atoms with Crippen molar-refractivity contribution >= 4 is 34.8 Å². The van der Waals surface area contributed by atoms with Crippen molar-refractivity contribution in [1.29, 1.82) is 0 Å². The number of anilines is 1. The van der Waals surface area contributed by atoms with Gasteiger partial charge in [0.15, 0.2) is 17.3 Å². The van der Waals surface area contributed by atoms with Crippen molar-refractivity contribution in [2.24, 2.45) is 23.5 Å². The van der Waals surface area contributed by atoms with Crippen molar-refractivity contribution in [1.82, 2.24) is 9.80 Å². The van der Waals surface area contributed by atoms with Crippen LogP contribution in [0, 0.1) is 23.6 Å². The van der Waals surface area contributed by atoms with Crippen molar-refractivity contribution < 1.29 is 38.9 Å². The van der Waals surface area contributed by atoms with E-state index in [9.17, 15) is 34.5 Å². The second-order valence-corrected chi connectivity index (χ2v) is 10.4. The number of aromatic hydroxyl groups is 1. The van der Waals surface area contributed by atoms with Crippen LogP contribution in [-0.2, 0) is 32.1 Å². The molecular weight excluding hydrogens is 487 g/mol. The van der Waals surface area contributed by atoms with Crippen molar-refractivity contribution in [3.05, 3.63) is 39.4 Å². The van der Waals surface area contributed by atoms with Crippen LogP contribution in [0.15, 0.2) is 16.9 Å². The average Bonchev–Trinajstić information content (AvgIpc) is 2.93. The van der Waals surface area contributed by atoms with Crippen LogP contribution in [0.4, 0.5) is 10.1 Å². The Morgan fingerprint density at radius 3 is 2.41 bits per heavy atom. The summed E-state index contributed by atoms with van der Waals surface area (Å²) in [5.41, 5.74) is 4.12. The van der Waals surface area contributed by atoms with Crippen molar-refractivity contribution in [3.8, 4) is 5.75 Å². The smallest absolute Gasteiger partial charge is 0.255 e. The number of carbonyl (C=O) groups excluding carboxylic acids is 4. The second-order valence-electron chi connectivity index (χ2n) is 10.4. The van der Waals surface area contributed by atoms with E-state index in [-0.39, 0.29) is 53.9 Å². The zero-order chi connectivity index (χ0) is 27.1. The van der Waals surface area contributed by atoms with Gasteiger partial charge in [0.25, 0.3) is 5.91 Å². The fraction of sp³-hybridized carbons (Fsp3) is 0.440. The molecule has 1 unspecified atom stereocenters. The molecule has 3 aliphatic carbocycles. The zero-order valence-electron chi connectivity index (χ0n) is 20.5. The predicted octanol–water partition coefficient (Wildman–Crippen LogP) is 0.372. The number of aliphatic hydroxyl groups excluding tert-OH is 2. The molecule has 1 aromatic carbocycles. The van der Waals surface area contributed by atoms with Gasteiger partial charge in [-0.05, 0) is 45.8 Å². The number of likely N-dealkylation sites (N-methyl/N-ethyl adjacent to an activating group) is 2. The summed E-state index contributed by atoms with van der Waals surface area (Å²) in [7, 11) is 4.86. The van der Waals surface area contributed by atoms with Gasteiger partial charge in [-0.3, -0.25) is 29.0 Å². The lowest BCUT2D eigenvalue weighted by molar-refractivity contribution is -0.136. The van der Waals surface area contributed by atoms with Crippen LogP contribution >= 0.6 is 0 Å². The molecule has 1 aliphatic heterocycles. The molecule has 0 saturated heterocycles. The third-order valence-corrected chi connectivity index (χ3v) is 7.87.